The number of hydrogen-bond donors (Lipinski definition) is 2. The maximum Gasteiger partial charge on any atom is 0.110 e. The quantitative estimate of drug-likeness (QED) is 0.545. The highest BCUT2D eigenvalue weighted by Gasteiger charge is 2.15. The van der Waals surface area contributed by atoms with Gasteiger partial charge in [-0.2, -0.15) is 0 Å². The molecule has 0 aromatic heterocycles. The van der Waals surface area contributed by atoms with E-state index in [1.54, 1.807) is 0 Å². The minimum atomic E-state index is 0.238. The van der Waals surface area contributed by atoms with E-state index in [4.69, 9.17) is 11.1 Å². The van der Waals surface area contributed by atoms with E-state index in [2.05, 4.69) is 23.1 Å². The number of nitrogens with zero attached hydrogens (tertiary/aromatic N) is 1. The molecule has 0 saturated heterocycles. The fourth-order valence-electron chi connectivity index (χ4n) is 1.98. The van der Waals surface area contributed by atoms with Crippen LogP contribution in [0.2, 0.25) is 0 Å². The maximum absolute atomic E-state index is 7.31. The normalized spacial score (nSPS) is 15.0. The summed E-state index contributed by atoms with van der Waals surface area (Å²) < 4.78 is 0. The van der Waals surface area contributed by atoms with Crippen LogP contribution in [0.25, 0.3) is 0 Å². The molecule has 0 bridgehead atoms. The molecule has 0 aliphatic carbocycles. The van der Waals surface area contributed by atoms with Crippen molar-refractivity contribution in [1.29, 1.82) is 5.41 Å². The molecule has 3 N–H and O–H groups in total. The third-order valence-corrected chi connectivity index (χ3v) is 2.57. The van der Waals surface area contributed by atoms with Gasteiger partial charge in [0.25, 0.3) is 0 Å². The lowest BCUT2D eigenvalue weighted by atomic mass is 10.0. The van der Waals surface area contributed by atoms with Crippen LogP contribution in [-0.4, -0.2) is 18.9 Å². The van der Waals surface area contributed by atoms with Crippen LogP contribution >= 0.6 is 0 Å². The zero-order valence-electron chi connectivity index (χ0n) is 8.16. The van der Waals surface area contributed by atoms with Crippen LogP contribution in [0.1, 0.15) is 12.0 Å². The van der Waals surface area contributed by atoms with Crippen molar-refractivity contribution in [3.8, 4) is 0 Å². The van der Waals surface area contributed by atoms with E-state index >= 15 is 0 Å². The first-order valence-electron chi connectivity index (χ1n) is 4.93. The van der Waals surface area contributed by atoms with Crippen molar-refractivity contribution < 1.29 is 0 Å². The van der Waals surface area contributed by atoms with E-state index in [1.165, 1.54) is 11.3 Å². The summed E-state index contributed by atoms with van der Waals surface area (Å²) in [6.07, 6.45) is 2.30. The van der Waals surface area contributed by atoms with Gasteiger partial charge in [0.1, 0.15) is 5.84 Å². The Kier molecular flexibility index (Phi) is 2.39. The maximum atomic E-state index is 7.31. The highest BCUT2D eigenvalue weighted by molar-refractivity contribution is 5.82. The topological polar surface area (TPSA) is 53.1 Å². The first-order valence-corrected chi connectivity index (χ1v) is 4.93. The molecule has 3 heteroatoms. The fraction of sp³-hybridized carbons (Fsp3) is 0.364. The summed E-state index contributed by atoms with van der Waals surface area (Å²) in [4.78, 5) is 2.18. The Morgan fingerprint density at radius 1 is 1.43 bits per heavy atom. The number of fused-ring (bicyclic) bond motifs is 1. The van der Waals surface area contributed by atoms with E-state index < -0.39 is 0 Å². The van der Waals surface area contributed by atoms with Gasteiger partial charge in [-0.1, -0.05) is 18.2 Å². The number of nitrogens with two attached hydrogens (primary N) is 1. The number of aryl methyl sites for hydroxylation is 1. The minimum absolute atomic E-state index is 0.238. The summed E-state index contributed by atoms with van der Waals surface area (Å²) in [5, 5.41) is 7.31. The van der Waals surface area contributed by atoms with Crippen molar-refractivity contribution >= 4 is 11.5 Å². The third-order valence-electron chi connectivity index (χ3n) is 2.57. The van der Waals surface area contributed by atoms with Gasteiger partial charge in [0.2, 0.25) is 0 Å². The van der Waals surface area contributed by atoms with Crippen molar-refractivity contribution in [2.24, 2.45) is 5.73 Å². The minimum Gasteiger partial charge on any atom is -0.386 e. The average molecular weight is 189 g/mol. The molecule has 0 fully saturated rings. The highest BCUT2D eigenvalue weighted by atomic mass is 15.1. The molecule has 0 radical (unpaired) electrons. The molecule has 0 atom stereocenters. The zero-order chi connectivity index (χ0) is 9.97. The summed E-state index contributed by atoms with van der Waals surface area (Å²) in [7, 11) is 0. The van der Waals surface area contributed by atoms with Crippen molar-refractivity contribution in [2.75, 3.05) is 18.0 Å². The van der Waals surface area contributed by atoms with E-state index in [1.807, 2.05) is 6.07 Å². The lowest BCUT2D eigenvalue weighted by Gasteiger charge is -2.30. The van der Waals surface area contributed by atoms with E-state index in [0.29, 0.717) is 6.54 Å². The van der Waals surface area contributed by atoms with Crippen molar-refractivity contribution in [1.82, 2.24) is 0 Å². The molecular formula is C11H15N3. The van der Waals surface area contributed by atoms with Crippen molar-refractivity contribution in [3.63, 3.8) is 0 Å². The lowest BCUT2D eigenvalue weighted by Crippen LogP contribution is -2.36. The predicted molar refractivity (Wildman–Crippen MR) is 58.9 cm³/mol. The number of para-hydroxylation sites is 1. The molecule has 0 amide bonds. The number of nitrogens with one attached hydrogen (secondary N) is 1. The van der Waals surface area contributed by atoms with Gasteiger partial charge >= 0.3 is 0 Å². The number of amidine groups is 1. The Labute approximate surface area is 84.0 Å². The monoisotopic (exact) mass is 189 g/mol. The summed E-state index contributed by atoms with van der Waals surface area (Å²) in [5.74, 6) is 0.238. The first kappa shape index (κ1) is 9.06. The standard InChI is InChI=1S/C11H15N3/c12-11(13)8-14-7-3-5-9-4-1-2-6-10(9)14/h1-2,4,6H,3,5,7-8H2,(H3,12,13). The molecule has 1 aromatic carbocycles. The van der Waals surface area contributed by atoms with Gasteiger partial charge in [0, 0.05) is 12.2 Å². The summed E-state index contributed by atoms with van der Waals surface area (Å²) >= 11 is 0. The van der Waals surface area contributed by atoms with Gasteiger partial charge in [0.05, 0.1) is 6.54 Å². The predicted octanol–water partition coefficient (Wildman–Crippen LogP) is 1.38. The van der Waals surface area contributed by atoms with Gasteiger partial charge in [-0.25, -0.2) is 0 Å². The summed E-state index contributed by atoms with van der Waals surface area (Å²) in [6.45, 7) is 1.56. The molecule has 2 rings (SSSR count). The molecule has 1 heterocycles. The van der Waals surface area contributed by atoms with E-state index in [-0.39, 0.29) is 5.84 Å². The van der Waals surface area contributed by atoms with Crippen LogP contribution < -0.4 is 10.6 Å². The molecule has 0 unspecified atom stereocenters. The molecule has 1 aliphatic rings. The molecule has 1 aromatic rings. The van der Waals surface area contributed by atoms with Crippen LogP contribution in [0, 0.1) is 5.41 Å². The Morgan fingerprint density at radius 3 is 3.00 bits per heavy atom. The highest BCUT2D eigenvalue weighted by Crippen LogP contribution is 2.25. The zero-order valence-corrected chi connectivity index (χ0v) is 8.16. The lowest BCUT2D eigenvalue weighted by molar-refractivity contribution is 0.727. The smallest absolute Gasteiger partial charge is 0.110 e. The first-order chi connectivity index (χ1) is 6.77. The number of rotatable bonds is 2. The number of anilines is 1. The number of benzene rings is 1. The molecule has 1 aliphatic heterocycles. The van der Waals surface area contributed by atoms with Crippen LogP contribution in [-0.2, 0) is 6.42 Å². The molecule has 3 nitrogen and oxygen atoms in total. The number of hydrogen-bond acceptors (Lipinski definition) is 2. The van der Waals surface area contributed by atoms with Gasteiger partial charge in [0.15, 0.2) is 0 Å². The fourth-order valence-corrected chi connectivity index (χ4v) is 1.98. The van der Waals surface area contributed by atoms with Crippen LogP contribution in [0.3, 0.4) is 0 Å². The third kappa shape index (κ3) is 1.71. The molecule has 74 valence electrons. The van der Waals surface area contributed by atoms with Gasteiger partial charge in [-0.3, -0.25) is 5.41 Å². The molecule has 0 saturated carbocycles. The second-order valence-electron chi connectivity index (χ2n) is 3.68. The second-order valence-corrected chi connectivity index (χ2v) is 3.68. The van der Waals surface area contributed by atoms with Crippen molar-refractivity contribution in [3.05, 3.63) is 29.8 Å². The largest absolute Gasteiger partial charge is 0.386 e. The SMILES string of the molecule is N=C(N)CN1CCCc2ccccc21. The van der Waals surface area contributed by atoms with Gasteiger partial charge in [-0.05, 0) is 24.5 Å². The Balaban J connectivity index is 2.26. The Bertz CT molecular complexity index is 346. The van der Waals surface area contributed by atoms with E-state index in [0.717, 1.165) is 19.4 Å². The van der Waals surface area contributed by atoms with Gasteiger partial charge < -0.3 is 10.6 Å². The van der Waals surface area contributed by atoms with E-state index in [9.17, 15) is 0 Å². The summed E-state index contributed by atoms with van der Waals surface area (Å²) in [6, 6.07) is 8.37. The Morgan fingerprint density at radius 2 is 2.21 bits per heavy atom. The van der Waals surface area contributed by atoms with Crippen LogP contribution in [0.5, 0.6) is 0 Å². The molecular weight excluding hydrogens is 174 g/mol. The van der Waals surface area contributed by atoms with Crippen LogP contribution in [0.4, 0.5) is 5.69 Å². The van der Waals surface area contributed by atoms with Crippen LogP contribution in [0.15, 0.2) is 24.3 Å². The summed E-state index contributed by atoms with van der Waals surface area (Å²) in [5.41, 5.74) is 8.04. The van der Waals surface area contributed by atoms with Crippen molar-refractivity contribution in [2.45, 2.75) is 12.8 Å². The molecule has 14 heavy (non-hydrogen) atoms. The molecule has 0 spiro atoms. The average Bonchev–Trinajstić information content (AvgIpc) is 2.18. The Hall–Kier alpha value is -1.51. The second kappa shape index (κ2) is 3.70. The van der Waals surface area contributed by atoms with Gasteiger partial charge in [-0.15, -0.1) is 0 Å².